The number of nitrogens with one attached hydrogen (secondary N) is 2. The minimum atomic E-state index is -0.140. The molecule has 2 N–H and O–H groups in total. The van der Waals surface area contributed by atoms with Gasteiger partial charge in [-0.3, -0.25) is 4.79 Å². The van der Waals surface area contributed by atoms with E-state index in [0.29, 0.717) is 0 Å². The highest BCUT2D eigenvalue weighted by Crippen LogP contribution is 2.19. The molecule has 0 radical (unpaired) electrons. The van der Waals surface area contributed by atoms with E-state index in [2.05, 4.69) is 42.6 Å². The SMILES string of the molecule is Cc1ccc(C)c(NC(=O)[C@H](c2ccccc2)[NH+]2CCCCCC2)c1. The number of hydrogen-bond donors (Lipinski definition) is 2. The van der Waals surface area contributed by atoms with Gasteiger partial charge in [0.15, 0.2) is 6.04 Å². The third kappa shape index (κ3) is 4.49. The molecule has 1 amide bonds. The van der Waals surface area contributed by atoms with Crippen LogP contribution in [0.25, 0.3) is 0 Å². The molecule has 0 unspecified atom stereocenters. The molecule has 3 rings (SSSR count). The molecule has 2 aromatic carbocycles. The second kappa shape index (κ2) is 8.30. The van der Waals surface area contributed by atoms with Crippen LogP contribution in [0.3, 0.4) is 0 Å². The van der Waals surface area contributed by atoms with Crippen LogP contribution >= 0.6 is 0 Å². The average Bonchev–Trinajstić information content (AvgIpc) is 2.89. The molecule has 1 heterocycles. The van der Waals surface area contributed by atoms with Crippen molar-refractivity contribution in [2.45, 2.75) is 45.6 Å². The van der Waals surface area contributed by atoms with Crippen LogP contribution in [-0.4, -0.2) is 19.0 Å². The largest absolute Gasteiger partial charge is 0.321 e. The lowest BCUT2D eigenvalue weighted by atomic mass is 10.0. The number of quaternary nitrogens is 1. The number of hydrogen-bond acceptors (Lipinski definition) is 1. The van der Waals surface area contributed by atoms with Crippen LogP contribution in [0.5, 0.6) is 0 Å². The summed E-state index contributed by atoms with van der Waals surface area (Å²) in [4.78, 5) is 14.7. The van der Waals surface area contributed by atoms with Gasteiger partial charge < -0.3 is 10.2 Å². The molecule has 0 spiro atoms. The average molecular weight is 337 g/mol. The van der Waals surface area contributed by atoms with Crippen molar-refractivity contribution in [2.75, 3.05) is 18.4 Å². The molecule has 0 aliphatic carbocycles. The second-order valence-electron chi connectivity index (χ2n) is 7.22. The topological polar surface area (TPSA) is 33.5 Å². The van der Waals surface area contributed by atoms with Crippen LogP contribution in [0, 0.1) is 13.8 Å². The highest BCUT2D eigenvalue weighted by atomic mass is 16.2. The predicted molar refractivity (Wildman–Crippen MR) is 103 cm³/mol. The number of carbonyl (C=O) groups excluding carboxylic acids is 1. The zero-order chi connectivity index (χ0) is 17.6. The lowest BCUT2D eigenvalue weighted by molar-refractivity contribution is -0.921. The molecule has 0 bridgehead atoms. The predicted octanol–water partition coefficient (Wildman–Crippen LogP) is 3.44. The third-order valence-corrected chi connectivity index (χ3v) is 5.20. The fraction of sp³-hybridized carbons (Fsp3) is 0.409. The van der Waals surface area contributed by atoms with Crippen molar-refractivity contribution in [3.63, 3.8) is 0 Å². The fourth-order valence-electron chi connectivity index (χ4n) is 3.76. The molecule has 132 valence electrons. The molecule has 2 aromatic rings. The summed E-state index contributed by atoms with van der Waals surface area (Å²) in [6.07, 6.45) is 4.97. The molecule has 1 saturated heterocycles. The van der Waals surface area contributed by atoms with E-state index in [9.17, 15) is 4.79 Å². The number of anilines is 1. The van der Waals surface area contributed by atoms with Crippen molar-refractivity contribution in [1.29, 1.82) is 0 Å². The van der Waals surface area contributed by atoms with Gasteiger partial charge in [-0.05, 0) is 56.7 Å². The zero-order valence-electron chi connectivity index (χ0n) is 15.3. The fourth-order valence-corrected chi connectivity index (χ4v) is 3.76. The molecule has 1 atom stereocenters. The van der Waals surface area contributed by atoms with Crippen molar-refractivity contribution in [2.24, 2.45) is 0 Å². The first-order valence-corrected chi connectivity index (χ1v) is 9.43. The minimum absolute atomic E-state index is 0.108. The smallest absolute Gasteiger partial charge is 0.287 e. The lowest BCUT2D eigenvalue weighted by Crippen LogP contribution is -3.13. The van der Waals surface area contributed by atoms with E-state index in [-0.39, 0.29) is 11.9 Å². The Bertz CT molecular complexity index is 703. The molecule has 25 heavy (non-hydrogen) atoms. The van der Waals surface area contributed by atoms with Gasteiger partial charge in [0.1, 0.15) is 0 Å². The number of benzene rings is 2. The summed E-state index contributed by atoms with van der Waals surface area (Å²) >= 11 is 0. The number of aryl methyl sites for hydroxylation is 2. The van der Waals surface area contributed by atoms with Crippen molar-refractivity contribution >= 4 is 11.6 Å². The maximum atomic E-state index is 13.3. The summed E-state index contributed by atoms with van der Waals surface area (Å²) in [6, 6.07) is 16.3. The summed E-state index contributed by atoms with van der Waals surface area (Å²) in [6.45, 7) is 6.24. The first-order valence-electron chi connectivity index (χ1n) is 9.43. The molecule has 1 fully saturated rings. The summed E-state index contributed by atoms with van der Waals surface area (Å²) in [5.41, 5.74) is 4.32. The van der Waals surface area contributed by atoms with Gasteiger partial charge in [-0.15, -0.1) is 0 Å². The molecule has 1 aliphatic rings. The summed E-state index contributed by atoms with van der Waals surface area (Å²) < 4.78 is 0. The summed E-state index contributed by atoms with van der Waals surface area (Å²) in [5.74, 6) is 0.108. The van der Waals surface area contributed by atoms with Crippen LogP contribution in [0.15, 0.2) is 48.5 Å². The molecule has 3 nitrogen and oxygen atoms in total. The maximum absolute atomic E-state index is 13.3. The molecular formula is C22H29N2O+. The standard InChI is InChI=1S/C22H28N2O/c1-17-12-13-18(2)20(16-17)23-22(25)21(19-10-6-5-7-11-19)24-14-8-3-4-9-15-24/h5-7,10-13,16,21H,3-4,8-9,14-15H2,1-2H3,(H,23,25)/p+1/t21-/m0/s1. The van der Waals surface area contributed by atoms with Gasteiger partial charge in [0.25, 0.3) is 5.91 Å². The Morgan fingerprint density at radius 3 is 2.32 bits per heavy atom. The molecule has 0 saturated carbocycles. The number of carbonyl (C=O) groups is 1. The van der Waals surface area contributed by atoms with Crippen LogP contribution in [0.2, 0.25) is 0 Å². The van der Waals surface area contributed by atoms with Gasteiger partial charge in [-0.1, -0.05) is 42.5 Å². The Labute approximate surface area is 151 Å². The zero-order valence-corrected chi connectivity index (χ0v) is 15.3. The molecule has 0 aromatic heterocycles. The molecule has 1 aliphatic heterocycles. The van der Waals surface area contributed by atoms with Crippen molar-refractivity contribution in [3.8, 4) is 0 Å². The van der Waals surface area contributed by atoms with E-state index in [1.807, 2.05) is 25.1 Å². The molecule has 3 heteroatoms. The van der Waals surface area contributed by atoms with E-state index >= 15 is 0 Å². The van der Waals surface area contributed by atoms with Crippen LogP contribution in [-0.2, 0) is 4.79 Å². The Kier molecular flexibility index (Phi) is 5.87. The van der Waals surface area contributed by atoms with Gasteiger partial charge >= 0.3 is 0 Å². The number of amides is 1. The van der Waals surface area contributed by atoms with E-state index in [4.69, 9.17) is 0 Å². The number of rotatable bonds is 4. The Hall–Kier alpha value is -2.13. The third-order valence-electron chi connectivity index (χ3n) is 5.20. The highest BCUT2D eigenvalue weighted by molar-refractivity contribution is 5.95. The second-order valence-corrected chi connectivity index (χ2v) is 7.22. The summed E-state index contributed by atoms with van der Waals surface area (Å²) in [7, 11) is 0. The maximum Gasteiger partial charge on any atom is 0.287 e. The Morgan fingerprint density at radius 2 is 1.64 bits per heavy atom. The monoisotopic (exact) mass is 337 g/mol. The quantitative estimate of drug-likeness (QED) is 0.880. The minimum Gasteiger partial charge on any atom is -0.321 e. The van der Waals surface area contributed by atoms with Crippen molar-refractivity contribution in [1.82, 2.24) is 0 Å². The van der Waals surface area contributed by atoms with Gasteiger partial charge in [-0.25, -0.2) is 0 Å². The van der Waals surface area contributed by atoms with Crippen LogP contribution in [0.4, 0.5) is 5.69 Å². The van der Waals surface area contributed by atoms with E-state index in [1.165, 1.54) is 36.1 Å². The van der Waals surface area contributed by atoms with E-state index < -0.39 is 0 Å². The van der Waals surface area contributed by atoms with E-state index in [0.717, 1.165) is 29.9 Å². The van der Waals surface area contributed by atoms with Crippen LogP contribution in [0.1, 0.15) is 48.4 Å². The van der Waals surface area contributed by atoms with Gasteiger partial charge in [-0.2, -0.15) is 0 Å². The first kappa shape index (κ1) is 17.7. The lowest BCUT2D eigenvalue weighted by Gasteiger charge is -2.27. The summed E-state index contributed by atoms with van der Waals surface area (Å²) in [5, 5.41) is 3.21. The normalized spacial score (nSPS) is 16.9. The van der Waals surface area contributed by atoms with Gasteiger partial charge in [0.2, 0.25) is 0 Å². The van der Waals surface area contributed by atoms with Crippen molar-refractivity contribution < 1.29 is 9.69 Å². The number of likely N-dealkylation sites (tertiary alicyclic amines) is 1. The van der Waals surface area contributed by atoms with Gasteiger partial charge in [0, 0.05) is 11.3 Å². The first-order chi connectivity index (χ1) is 12.1. The Morgan fingerprint density at radius 1 is 0.960 bits per heavy atom. The van der Waals surface area contributed by atoms with Gasteiger partial charge in [0.05, 0.1) is 13.1 Å². The molecular weight excluding hydrogens is 308 g/mol. The van der Waals surface area contributed by atoms with Crippen LogP contribution < -0.4 is 10.2 Å². The van der Waals surface area contributed by atoms with Crippen molar-refractivity contribution in [3.05, 3.63) is 65.2 Å². The Balaban J connectivity index is 1.87. The highest BCUT2D eigenvalue weighted by Gasteiger charge is 2.32. The van der Waals surface area contributed by atoms with E-state index in [1.54, 1.807) is 0 Å².